The molecular weight excluding hydrogens is 292 g/mol. The van der Waals surface area contributed by atoms with E-state index in [0.717, 1.165) is 11.8 Å². The molecule has 0 spiro atoms. The summed E-state index contributed by atoms with van der Waals surface area (Å²) in [6.45, 7) is 0.499. The molecule has 5 heteroatoms. The number of carbonyl (C=O) groups is 1. The molecule has 0 N–H and O–H groups in total. The van der Waals surface area contributed by atoms with Gasteiger partial charge in [-0.25, -0.2) is 0 Å². The second kappa shape index (κ2) is 7.67. The molecule has 2 aromatic rings. The highest BCUT2D eigenvalue weighted by Gasteiger charge is 2.05. The van der Waals surface area contributed by atoms with Crippen molar-refractivity contribution in [2.75, 3.05) is 13.9 Å². The number of benzene rings is 2. The first-order chi connectivity index (χ1) is 10.2. The van der Waals surface area contributed by atoms with Crippen LogP contribution in [-0.4, -0.2) is 20.2 Å². The number of carbonyl (C=O) groups excluding carboxylic acids is 1. The van der Waals surface area contributed by atoms with E-state index in [1.54, 1.807) is 25.3 Å². The fourth-order valence-corrected chi connectivity index (χ4v) is 1.91. The summed E-state index contributed by atoms with van der Waals surface area (Å²) in [5.74, 6) is 1.15. The molecule has 2 aromatic carbocycles. The van der Waals surface area contributed by atoms with Gasteiger partial charge in [0.15, 0.2) is 13.1 Å². The van der Waals surface area contributed by atoms with Crippen LogP contribution in [0.2, 0.25) is 5.02 Å². The van der Waals surface area contributed by atoms with Crippen LogP contribution in [0.3, 0.4) is 0 Å². The van der Waals surface area contributed by atoms with Crippen LogP contribution in [0.1, 0.15) is 15.9 Å². The minimum Gasteiger partial charge on any atom is -0.488 e. The summed E-state index contributed by atoms with van der Waals surface area (Å²) in [5.41, 5.74) is 1.38. The van der Waals surface area contributed by atoms with Crippen LogP contribution in [0, 0.1) is 0 Å². The monoisotopic (exact) mass is 306 g/mol. The maximum Gasteiger partial charge on any atom is 0.188 e. The summed E-state index contributed by atoms with van der Waals surface area (Å²) in [4.78, 5) is 11.0. The van der Waals surface area contributed by atoms with Crippen LogP contribution in [0.25, 0.3) is 0 Å². The predicted molar refractivity (Wildman–Crippen MR) is 80.1 cm³/mol. The van der Waals surface area contributed by atoms with Crippen LogP contribution in [0.15, 0.2) is 42.5 Å². The van der Waals surface area contributed by atoms with Crippen molar-refractivity contribution in [2.24, 2.45) is 0 Å². The molecule has 0 atom stereocenters. The van der Waals surface area contributed by atoms with Gasteiger partial charge in [0.25, 0.3) is 0 Å². The van der Waals surface area contributed by atoms with E-state index < -0.39 is 0 Å². The third-order valence-corrected chi connectivity index (χ3v) is 2.97. The highest BCUT2D eigenvalue weighted by molar-refractivity contribution is 6.30. The molecular formula is C16H15ClO4. The summed E-state index contributed by atoms with van der Waals surface area (Å²) in [7, 11) is 1.56. The number of ether oxygens (including phenoxy) is 3. The van der Waals surface area contributed by atoms with Crippen LogP contribution in [0.4, 0.5) is 0 Å². The molecule has 4 nitrogen and oxygen atoms in total. The number of methoxy groups -OCH3 is 1. The third-order valence-electron chi connectivity index (χ3n) is 2.74. The molecule has 0 saturated carbocycles. The van der Waals surface area contributed by atoms with E-state index in [9.17, 15) is 4.79 Å². The first-order valence-electron chi connectivity index (χ1n) is 6.31. The summed E-state index contributed by atoms with van der Waals surface area (Å²) in [6, 6.07) is 12.4. The zero-order chi connectivity index (χ0) is 15.1. The van der Waals surface area contributed by atoms with E-state index >= 15 is 0 Å². The Balaban J connectivity index is 2.06. The zero-order valence-electron chi connectivity index (χ0n) is 11.5. The van der Waals surface area contributed by atoms with Crippen LogP contribution < -0.4 is 9.47 Å². The topological polar surface area (TPSA) is 44.8 Å². The van der Waals surface area contributed by atoms with Gasteiger partial charge in [0.1, 0.15) is 18.1 Å². The van der Waals surface area contributed by atoms with Crippen molar-refractivity contribution in [2.45, 2.75) is 6.61 Å². The van der Waals surface area contributed by atoms with Gasteiger partial charge in [-0.2, -0.15) is 0 Å². The van der Waals surface area contributed by atoms with Gasteiger partial charge in [0.2, 0.25) is 0 Å². The van der Waals surface area contributed by atoms with Gasteiger partial charge >= 0.3 is 0 Å². The Kier molecular flexibility index (Phi) is 5.60. The first-order valence-corrected chi connectivity index (χ1v) is 6.69. The molecule has 0 radical (unpaired) electrons. The molecule has 2 rings (SSSR count). The van der Waals surface area contributed by atoms with Crippen LogP contribution >= 0.6 is 11.6 Å². The minimum absolute atomic E-state index is 0.188. The molecule has 0 bridgehead atoms. The normalized spacial score (nSPS) is 10.2. The number of halogens is 1. The molecule has 0 aliphatic heterocycles. The molecule has 110 valence electrons. The lowest BCUT2D eigenvalue weighted by atomic mass is 10.2. The summed E-state index contributed by atoms with van der Waals surface area (Å²) in [5, 5.41) is 0.521. The van der Waals surface area contributed by atoms with Crippen LogP contribution in [-0.2, 0) is 11.3 Å². The zero-order valence-corrected chi connectivity index (χ0v) is 12.3. The Bertz CT molecular complexity index is 613. The van der Waals surface area contributed by atoms with E-state index in [-0.39, 0.29) is 6.79 Å². The molecule has 21 heavy (non-hydrogen) atoms. The largest absolute Gasteiger partial charge is 0.488 e. The molecule has 0 aliphatic rings. The van der Waals surface area contributed by atoms with E-state index in [1.165, 1.54) is 0 Å². The summed E-state index contributed by atoms with van der Waals surface area (Å²) in [6.07, 6.45) is 0.740. The average Bonchev–Trinajstić information content (AvgIpc) is 2.51. The van der Waals surface area contributed by atoms with E-state index in [4.69, 9.17) is 25.8 Å². The number of rotatable bonds is 7. The van der Waals surface area contributed by atoms with Gasteiger partial charge in [0.05, 0.1) is 5.56 Å². The Morgan fingerprint density at radius 2 is 2.00 bits per heavy atom. The van der Waals surface area contributed by atoms with Crippen molar-refractivity contribution >= 4 is 17.9 Å². The Hall–Kier alpha value is -2.04. The standard InChI is InChI=1S/C16H15ClO4/c1-19-11-21-15-4-2-3-12(7-15)10-20-16-8-14(17)6-5-13(16)9-18/h2-9H,10-11H2,1H3. The van der Waals surface area contributed by atoms with Gasteiger partial charge in [-0.05, 0) is 35.9 Å². The second-order valence-electron chi connectivity index (χ2n) is 4.29. The molecule has 0 aliphatic carbocycles. The lowest BCUT2D eigenvalue weighted by molar-refractivity contribution is 0.0510. The van der Waals surface area contributed by atoms with E-state index in [1.807, 2.05) is 24.3 Å². The Labute approximate surface area is 128 Å². The minimum atomic E-state index is 0.188. The van der Waals surface area contributed by atoms with Crippen LogP contribution in [0.5, 0.6) is 11.5 Å². The second-order valence-corrected chi connectivity index (χ2v) is 4.72. The molecule has 0 fully saturated rings. The highest BCUT2D eigenvalue weighted by atomic mass is 35.5. The SMILES string of the molecule is COCOc1cccc(COc2cc(Cl)ccc2C=O)c1. The van der Waals surface area contributed by atoms with E-state index in [0.29, 0.717) is 28.7 Å². The quantitative estimate of drug-likeness (QED) is 0.578. The number of hydrogen-bond acceptors (Lipinski definition) is 4. The lowest BCUT2D eigenvalue weighted by Crippen LogP contribution is -2.01. The van der Waals surface area contributed by atoms with Crippen molar-refractivity contribution in [1.29, 1.82) is 0 Å². The smallest absolute Gasteiger partial charge is 0.188 e. The Morgan fingerprint density at radius 3 is 2.76 bits per heavy atom. The van der Waals surface area contributed by atoms with Crippen molar-refractivity contribution in [3.05, 3.63) is 58.6 Å². The van der Waals surface area contributed by atoms with Crippen molar-refractivity contribution in [1.82, 2.24) is 0 Å². The molecule has 0 amide bonds. The van der Waals surface area contributed by atoms with Crippen molar-refractivity contribution < 1.29 is 19.0 Å². The Morgan fingerprint density at radius 1 is 1.14 bits per heavy atom. The van der Waals surface area contributed by atoms with Gasteiger partial charge < -0.3 is 14.2 Å². The number of aldehydes is 1. The maximum atomic E-state index is 11.0. The fourth-order valence-electron chi connectivity index (χ4n) is 1.74. The fraction of sp³-hybridized carbons (Fsp3) is 0.188. The first kappa shape index (κ1) is 15.4. The predicted octanol–water partition coefficient (Wildman–Crippen LogP) is 3.71. The van der Waals surface area contributed by atoms with Crippen molar-refractivity contribution in [3.63, 3.8) is 0 Å². The van der Waals surface area contributed by atoms with Crippen molar-refractivity contribution in [3.8, 4) is 11.5 Å². The van der Waals surface area contributed by atoms with Gasteiger partial charge in [-0.3, -0.25) is 4.79 Å². The third kappa shape index (κ3) is 4.48. The highest BCUT2D eigenvalue weighted by Crippen LogP contribution is 2.23. The molecule has 0 saturated heterocycles. The van der Waals surface area contributed by atoms with Gasteiger partial charge in [0, 0.05) is 12.1 Å². The van der Waals surface area contributed by atoms with Gasteiger partial charge in [-0.1, -0.05) is 23.7 Å². The molecule has 0 aromatic heterocycles. The van der Waals surface area contributed by atoms with E-state index in [2.05, 4.69) is 0 Å². The lowest BCUT2D eigenvalue weighted by Gasteiger charge is -2.10. The average molecular weight is 307 g/mol. The van der Waals surface area contributed by atoms with Gasteiger partial charge in [-0.15, -0.1) is 0 Å². The summed E-state index contributed by atoms with van der Waals surface area (Å²) >= 11 is 5.91. The number of hydrogen-bond donors (Lipinski definition) is 0. The molecule has 0 unspecified atom stereocenters. The molecule has 0 heterocycles. The maximum absolute atomic E-state index is 11.0. The summed E-state index contributed by atoms with van der Waals surface area (Å²) < 4.78 is 15.9.